The first-order valence-corrected chi connectivity index (χ1v) is 6.06. The molecule has 0 aliphatic rings. The van der Waals surface area contributed by atoms with Crippen LogP contribution in [-0.2, 0) is 4.79 Å². The zero-order chi connectivity index (χ0) is 14.3. The highest BCUT2D eigenvalue weighted by atomic mass is 16.5. The molecule has 0 aliphatic heterocycles. The molecular weight excluding hydrogens is 246 g/mol. The Balaban J connectivity index is 2.50. The number of hydrogen-bond donors (Lipinski definition) is 3. The molecule has 0 bridgehead atoms. The average molecular weight is 265 g/mol. The Morgan fingerprint density at radius 3 is 2.42 bits per heavy atom. The van der Waals surface area contributed by atoms with Crippen molar-refractivity contribution in [1.29, 1.82) is 0 Å². The highest BCUT2D eigenvalue weighted by Crippen LogP contribution is 2.15. The number of nitrogens with one attached hydrogen (secondary N) is 3. The van der Waals surface area contributed by atoms with Crippen molar-refractivity contribution in [2.24, 2.45) is 0 Å². The lowest BCUT2D eigenvalue weighted by Crippen LogP contribution is -2.45. The number of imide groups is 1. The van der Waals surface area contributed by atoms with Gasteiger partial charge in [-0.15, -0.1) is 0 Å². The first-order valence-electron chi connectivity index (χ1n) is 6.06. The smallest absolute Gasteiger partial charge is 0.321 e. The molecule has 0 saturated heterocycles. The molecule has 0 fully saturated rings. The summed E-state index contributed by atoms with van der Waals surface area (Å²) in [6.07, 6.45) is 0. The summed E-state index contributed by atoms with van der Waals surface area (Å²) in [6, 6.07) is 6.17. The number of carbonyl (C=O) groups is 2. The highest BCUT2D eigenvalue weighted by Gasteiger charge is 2.14. The fraction of sp³-hybridized carbons (Fsp3) is 0.385. The molecule has 0 spiro atoms. The van der Waals surface area contributed by atoms with Crippen LogP contribution < -0.4 is 20.7 Å². The Morgan fingerprint density at radius 1 is 1.26 bits per heavy atom. The van der Waals surface area contributed by atoms with E-state index in [0.29, 0.717) is 6.54 Å². The maximum atomic E-state index is 11.7. The van der Waals surface area contributed by atoms with Gasteiger partial charge in [-0.3, -0.25) is 10.1 Å². The number of urea groups is 1. The van der Waals surface area contributed by atoms with Crippen LogP contribution in [0.2, 0.25) is 0 Å². The summed E-state index contributed by atoms with van der Waals surface area (Å²) in [6.45, 7) is 3.93. The van der Waals surface area contributed by atoms with Gasteiger partial charge in [-0.2, -0.15) is 0 Å². The number of amides is 3. The number of rotatable bonds is 5. The number of carbonyl (C=O) groups excluding carboxylic acids is 2. The van der Waals surface area contributed by atoms with Crippen molar-refractivity contribution in [3.05, 3.63) is 24.3 Å². The number of methoxy groups -OCH3 is 1. The summed E-state index contributed by atoms with van der Waals surface area (Å²) in [4.78, 5) is 22.9. The topological polar surface area (TPSA) is 79.5 Å². The SMILES string of the molecule is CCNC(=O)NC(=O)C(C)Nc1ccc(OC)cc1. The Hall–Kier alpha value is -2.24. The van der Waals surface area contributed by atoms with E-state index in [1.807, 2.05) is 0 Å². The van der Waals surface area contributed by atoms with Crippen molar-refractivity contribution in [3.8, 4) is 5.75 Å². The normalized spacial score (nSPS) is 11.3. The van der Waals surface area contributed by atoms with Gasteiger partial charge in [0.05, 0.1) is 7.11 Å². The lowest BCUT2D eigenvalue weighted by molar-refractivity contribution is -0.120. The van der Waals surface area contributed by atoms with Crippen LogP contribution in [0, 0.1) is 0 Å². The van der Waals surface area contributed by atoms with Gasteiger partial charge < -0.3 is 15.4 Å². The predicted octanol–water partition coefficient (Wildman–Crippen LogP) is 1.34. The van der Waals surface area contributed by atoms with E-state index in [1.165, 1.54) is 0 Å². The van der Waals surface area contributed by atoms with Gasteiger partial charge in [-0.05, 0) is 38.1 Å². The maximum absolute atomic E-state index is 11.7. The summed E-state index contributed by atoms with van der Waals surface area (Å²) in [5.74, 6) is 0.353. The number of hydrogen-bond acceptors (Lipinski definition) is 4. The van der Waals surface area contributed by atoms with Crippen molar-refractivity contribution in [3.63, 3.8) is 0 Å². The van der Waals surface area contributed by atoms with E-state index in [9.17, 15) is 9.59 Å². The van der Waals surface area contributed by atoms with Crippen molar-refractivity contribution in [2.75, 3.05) is 19.0 Å². The molecule has 1 aromatic rings. The maximum Gasteiger partial charge on any atom is 0.321 e. The summed E-state index contributed by atoms with van der Waals surface area (Å²) >= 11 is 0. The third-order valence-corrected chi connectivity index (χ3v) is 2.44. The van der Waals surface area contributed by atoms with E-state index in [-0.39, 0.29) is 5.91 Å². The van der Waals surface area contributed by atoms with Gasteiger partial charge in [0.1, 0.15) is 11.8 Å². The van der Waals surface area contributed by atoms with Crippen LogP contribution >= 0.6 is 0 Å². The summed E-state index contributed by atoms with van der Waals surface area (Å²) in [7, 11) is 1.59. The molecule has 1 atom stereocenters. The third-order valence-electron chi connectivity index (χ3n) is 2.44. The number of anilines is 1. The van der Waals surface area contributed by atoms with Crippen LogP contribution in [0.5, 0.6) is 5.75 Å². The lowest BCUT2D eigenvalue weighted by Gasteiger charge is -2.15. The Morgan fingerprint density at radius 2 is 1.89 bits per heavy atom. The van der Waals surface area contributed by atoms with Gasteiger partial charge in [0.25, 0.3) is 0 Å². The molecule has 3 N–H and O–H groups in total. The quantitative estimate of drug-likeness (QED) is 0.750. The number of ether oxygens (including phenoxy) is 1. The number of benzene rings is 1. The van der Waals surface area contributed by atoms with E-state index in [0.717, 1.165) is 11.4 Å². The fourth-order valence-electron chi connectivity index (χ4n) is 1.43. The van der Waals surface area contributed by atoms with E-state index in [4.69, 9.17) is 4.74 Å². The molecular formula is C13H19N3O3. The molecule has 0 radical (unpaired) electrons. The summed E-state index contributed by atoms with van der Waals surface area (Å²) < 4.78 is 5.04. The standard InChI is InChI=1S/C13H19N3O3/c1-4-14-13(18)16-12(17)9(2)15-10-5-7-11(19-3)8-6-10/h5-9,15H,4H2,1-3H3,(H2,14,16,17,18). The minimum absolute atomic E-state index is 0.387. The zero-order valence-corrected chi connectivity index (χ0v) is 11.3. The monoisotopic (exact) mass is 265 g/mol. The van der Waals surface area contributed by atoms with Gasteiger partial charge in [-0.1, -0.05) is 0 Å². The van der Waals surface area contributed by atoms with E-state index in [1.54, 1.807) is 45.2 Å². The van der Waals surface area contributed by atoms with Crippen LogP contribution in [0.3, 0.4) is 0 Å². The second-order valence-corrected chi connectivity index (χ2v) is 3.94. The molecule has 0 aliphatic carbocycles. The second kappa shape index (κ2) is 7.25. The Labute approximate surface area is 112 Å². The predicted molar refractivity (Wildman–Crippen MR) is 73.3 cm³/mol. The van der Waals surface area contributed by atoms with E-state index >= 15 is 0 Å². The van der Waals surface area contributed by atoms with E-state index in [2.05, 4.69) is 16.0 Å². The molecule has 1 rings (SSSR count). The molecule has 19 heavy (non-hydrogen) atoms. The van der Waals surface area contributed by atoms with Gasteiger partial charge in [0, 0.05) is 12.2 Å². The van der Waals surface area contributed by atoms with Gasteiger partial charge >= 0.3 is 6.03 Å². The Kier molecular flexibility index (Phi) is 5.66. The van der Waals surface area contributed by atoms with Crippen molar-refractivity contribution >= 4 is 17.6 Å². The van der Waals surface area contributed by atoms with Crippen LogP contribution in [0.1, 0.15) is 13.8 Å². The molecule has 0 heterocycles. The van der Waals surface area contributed by atoms with Crippen molar-refractivity contribution in [2.45, 2.75) is 19.9 Å². The second-order valence-electron chi connectivity index (χ2n) is 3.94. The molecule has 6 nitrogen and oxygen atoms in total. The van der Waals surface area contributed by atoms with Gasteiger partial charge in [0.2, 0.25) is 5.91 Å². The fourth-order valence-corrected chi connectivity index (χ4v) is 1.43. The minimum atomic E-state index is -0.518. The third kappa shape index (κ3) is 4.87. The zero-order valence-electron chi connectivity index (χ0n) is 11.3. The molecule has 1 unspecified atom stereocenters. The molecule has 0 aromatic heterocycles. The first-order chi connectivity index (χ1) is 9.06. The van der Waals surface area contributed by atoms with Crippen LogP contribution in [0.15, 0.2) is 24.3 Å². The molecule has 3 amide bonds. The minimum Gasteiger partial charge on any atom is -0.497 e. The average Bonchev–Trinajstić information content (AvgIpc) is 2.39. The van der Waals surface area contributed by atoms with Gasteiger partial charge in [0.15, 0.2) is 0 Å². The molecule has 6 heteroatoms. The van der Waals surface area contributed by atoms with E-state index < -0.39 is 12.1 Å². The van der Waals surface area contributed by atoms with Crippen molar-refractivity contribution < 1.29 is 14.3 Å². The van der Waals surface area contributed by atoms with Crippen LogP contribution in [0.4, 0.5) is 10.5 Å². The summed E-state index contributed by atoms with van der Waals surface area (Å²) in [5, 5.41) is 7.74. The summed E-state index contributed by atoms with van der Waals surface area (Å²) in [5.41, 5.74) is 0.777. The van der Waals surface area contributed by atoms with Crippen molar-refractivity contribution in [1.82, 2.24) is 10.6 Å². The molecule has 1 aromatic carbocycles. The van der Waals surface area contributed by atoms with Crippen LogP contribution in [-0.4, -0.2) is 31.6 Å². The molecule has 0 saturated carbocycles. The first kappa shape index (κ1) is 14.8. The molecule has 104 valence electrons. The largest absolute Gasteiger partial charge is 0.497 e. The van der Waals surface area contributed by atoms with Crippen LogP contribution in [0.25, 0.3) is 0 Å². The lowest BCUT2D eigenvalue weighted by atomic mass is 10.2. The Bertz CT molecular complexity index is 431. The van der Waals surface area contributed by atoms with Gasteiger partial charge in [-0.25, -0.2) is 4.79 Å². The highest BCUT2D eigenvalue weighted by molar-refractivity contribution is 5.97.